The molecule has 0 aliphatic heterocycles. The Balaban J connectivity index is 1.83. The van der Waals surface area contributed by atoms with Crippen molar-refractivity contribution in [3.63, 3.8) is 0 Å². The third kappa shape index (κ3) is 3.27. The van der Waals surface area contributed by atoms with Crippen LogP contribution in [0.15, 0.2) is 54.6 Å². The topological polar surface area (TPSA) is 21.3 Å². The molecule has 1 saturated carbocycles. The summed E-state index contributed by atoms with van der Waals surface area (Å²) in [5, 5.41) is 3.55. The molecule has 0 radical (unpaired) electrons. The molecule has 0 heterocycles. The molecule has 0 bridgehead atoms. The number of likely N-dealkylation sites (N-methyl/N-ethyl adjacent to an activating group) is 1. The van der Waals surface area contributed by atoms with Crippen LogP contribution >= 0.6 is 0 Å². The predicted octanol–water partition coefficient (Wildman–Crippen LogP) is 4.26. The van der Waals surface area contributed by atoms with E-state index in [0.717, 1.165) is 18.7 Å². The van der Waals surface area contributed by atoms with Gasteiger partial charge in [-0.15, -0.1) is 0 Å². The second kappa shape index (κ2) is 6.77. The van der Waals surface area contributed by atoms with Crippen LogP contribution in [0.25, 0.3) is 11.1 Å². The normalized spacial score (nSPS) is 21.4. The summed E-state index contributed by atoms with van der Waals surface area (Å²) in [5.41, 5.74) is 2.39. The second-order valence-electron chi connectivity index (χ2n) is 5.61. The third-order valence-corrected chi connectivity index (χ3v) is 4.17. The first-order valence-electron chi connectivity index (χ1n) is 7.93. The minimum absolute atomic E-state index is 0.287. The Labute approximate surface area is 127 Å². The van der Waals surface area contributed by atoms with Gasteiger partial charge in [-0.25, -0.2) is 0 Å². The van der Waals surface area contributed by atoms with Crippen LogP contribution < -0.4 is 10.1 Å². The van der Waals surface area contributed by atoms with Gasteiger partial charge in [0.25, 0.3) is 0 Å². The molecule has 1 N–H and O–H groups in total. The van der Waals surface area contributed by atoms with Crippen LogP contribution in [0.3, 0.4) is 0 Å². The molecule has 2 aromatic carbocycles. The largest absolute Gasteiger partial charge is 0.488 e. The number of ether oxygens (including phenoxy) is 1. The highest BCUT2D eigenvalue weighted by Crippen LogP contribution is 2.33. The molecular weight excluding hydrogens is 258 g/mol. The zero-order valence-corrected chi connectivity index (χ0v) is 12.6. The minimum Gasteiger partial charge on any atom is -0.488 e. The van der Waals surface area contributed by atoms with Gasteiger partial charge in [0.1, 0.15) is 11.9 Å². The van der Waals surface area contributed by atoms with Crippen LogP contribution in [0.5, 0.6) is 5.75 Å². The van der Waals surface area contributed by atoms with E-state index in [0.29, 0.717) is 6.04 Å². The van der Waals surface area contributed by atoms with Crippen LogP contribution in [0.2, 0.25) is 0 Å². The summed E-state index contributed by atoms with van der Waals surface area (Å²) in [4.78, 5) is 0. The Morgan fingerprint density at radius 1 is 1.00 bits per heavy atom. The Hall–Kier alpha value is -1.80. The van der Waals surface area contributed by atoms with Gasteiger partial charge in [-0.1, -0.05) is 55.5 Å². The van der Waals surface area contributed by atoms with Crippen molar-refractivity contribution in [2.45, 2.75) is 38.3 Å². The van der Waals surface area contributed by atoms with Gasteiger partial charge in [0.05, 0.1) is 0 Å². The number of hydrogen-bond acceptors (Lipinski definition) is 2. The van der Waals surface area contributed by atoms with Crippen LogP contribution in [0.1, 0.15) is 26.2 Å². The van der Waals surface area contributed by atoms with E-state index in [1.54, 1.807) is 0 Å². The van der Waals surface area contributed by atoms with E-state index < -0.39 is 0 Å². The quantitative estimate of drug-likeness (QED) is 0.884. The maximum Gasteiger partial charge on any atom is 0.127 e. The lowest BCUT2D eigenvalue weighted by Crippen LogP contribution is -2.38. The summed E-state index contributed by atoms with van der Waals surface area (Å²) < 4.78 is 6.36. The number of hydrogen-bond donors (Lipinski definition) is 1. The summed E-state index contributed by atoms with van der Waals surface area (Å²) in [6.07, 6.45) is 3.89. The van der Waals surface area contributed by atoms with Gasteiger partial charge < -0.3 is 10.1 Å². The number of benzene rings is 2. The highest BCUT2D eigenvalue weighted by atomic mass is 16.5. The highest BCUT2D eigenvalue weighted by Gasteiger charge is 2.28. The summed E-state index contributed by atoms with van der Waals surface area (Å²) in [7, 11) is 0. The van der Waals surface area contributed by atoms with Gasteiger partial charge in [-0.3, -0.25) is 0 Å². The number of para-hydroxylation sites is 1. The van der Waals surface area contributed by atoms with Crippen molar-refractivity contribution < 1.29 is 4.74 Å². The fraction of sp³-hybridized carbons (Fsp3) is 0.368. The van der Waals surface area contributed by atoms with Crippen molar-refractivity contribution in [1.82, 2.24) is 5.32 Å². The molecule has 2 nitrogen and oxygen atoms in total. The molecule has 21 heavy (non-hydrogen) atoms. The molecule has 0 spiro atoms. The molecule has 2 unspecified atom stereocenters. The molecule has 1 aliphatic carbocycles. The summed E-state index contributed by atoms with van der Waals surface area (Å²) >= 11 is 0. The monoisotopic (exact) mass is 281 g/mol. The van der Waals surface area contributed by atoms with Crippen molar-refractivity contribution in [3.8, 4) is 16.9 Å². The number of nitrogens with one attached hydrogen (secondary N) is 1. The van der Waals surface area contributed by atoms with Gasteiger partial charge in [0.2, 0.25) is 0 Å². The molecule has 3 rings (SSSR count). The Bertz CT molecular complexity index is 567. The van der Waals surface area contributed by atoms with Crippen LogP contribution in [-0.2, 0) is 0 Å². The van der Waals surface area contributed by atoms with Crippen LogP contribution in [0.4, 0.5) is 0 Å². The van der Waals surface area contributed by atoms with E-state index in [9.17, 15) is 0 Å². The summed E-state index contributed by atoms with van der Waals surface area (Å²) in [5.74, 6) is 0.999. The first-order chi connectivity index (χ1) is 10.4. The van der Waals surface area contributed by atoms with Gasteiger partial charge in [0.15, 0.2) is 0 Å². The molecule has 1 fully saturated rings. The summed E-state index contributed by atoms with van der Waals surface area (Å²) in [6.45, 7) is 3.16. The van der Waals surface area contributed by atoms with Gasteiger partial charge in [0, 0.05) is 11.6 Å². The van der Waals surface area contributed by atoms with E-state index in [4.69, 9.17) is 4.74 Å². The van der Waals surface area contributed by atoms with E-state index >= 15 is 0 Å². The fourth-order valence-electron chi connectivity index (χ4n) is 3.15. The molecule has 0 saturated heterocycles. The van der Waals surface area contributed by atoms with Gasteiger partial charge in [-0.05, 0) is 37.4 Å². The minimum atomic E-state index is 0.287. The van der Waals surface area contributed by atoms with Crippen molar-refractivity contribution in [2.24, 2.45) is 0 Å². The predicted molar refractivity (Wildman–Crippen MR) is 87.6 cm³/mol. The first kappa shape index (κ1) is 14.2. The average Bonchev–Trinajstić information content (AvgIpc) is 2.96. The third-order valence-electron chi connectivity index (χ3n) is 4.17. The smallest absolute Gasteiger partial charge is 0.127 e. The SMILES string of the molecule is CCNC1CCCC1Oc1ccccc1-c1ccccc1. The molecule has 2 atom stereocenters. The van der Waals surface area contributed by atoms with E-state index in [1.165, 1.54) is 24.0 Å². The Morgan fingerprint density at radius 3 is 2.57 bits per heavy atom. The van der Waals surface area contributed by atoms with E-state index in [1.807, 2.05) is 6.07 Å². The Morgan fingerprint density at radius 2 is 1.76 bits per heavy atom. The highest BCUT2D eigenvalue weighted by molar-refractivity contribution is 5.70. The van der Waals surface area contributed by atoms with E-state index in [2.05, 4.69) is 60.8 Å². The van der Waals surface area contributed by atoms with Crippen molar-refractivity contribution in [2.75, 3.05) is 6.54 Å². The first-order valence-corrected chi connectivity index (χ1v) is 7.93. The van der Waals surface area contributed by atoms with Crippen molar-refractivity contribution >= 4 is 0 Å². The summed E-state index contributed by atoms with van der Waals surface area (Å²) in [6, 6.07) is 19.3. The molecule has 0 aromatic heterocycles. The lowest BCUT2D eigenvalue weighted by molar-refractivity contribution is 0.176. The molecule has 2 heteroatoms. The van der Waals surface area contributed by atoms with Gasteiger partial charge in [-0.2, -0.15) is 0 Å². The Kier molecular flexibility index (Phi) is 4.56. The maximum atomic E-state index is 6.36. The van der Waals surface area contributed by atoms with Crippen LogP contribution in [0, 0.1) is 0 Å². The van der Waals surface area contributed by atoms with Crippen LogP contribution in [-0.4, -0.2) is 18.7 Å². The zero-order chi connectivity index (χ0) is 14.5. The lowest BCUT2D eigenvalue weighted by Gasteiger charge is -2.23. The zero-order valence-electron chi connectivity index (χ0n) is 12.6. The van der Waals surface area contributed by atoms with E-state index in [-0.39, 0.29) is 6.10 Å². The maximum absolute atomic E-state index is 6.36. The second-order valence-corrected chi connectivity index (χ2v) is 5.61. The molecule has 110 valence electrons. The standard InChI is InChI=1S/C19H23NO/c1-2-20-17-12-8-14-19(17)21-18-13-7-6-11-16(18)15-9-4-3-5-10-15/h3-7,9-11,13,17,19-20H,2,8,12,14H2,1H3. The van der Waals surface area contributed by atoms with Crippen molar-refractivity contribution in [1.29, 1.82) is 0 Å². The molecule has 1 aliphatic rings. The van der Waals surface area contributed by atoms with Crippen molar-refractivity contribution in [3.05, 3.63) is 54.6 Å². The average molecular weight is 281 g/mol. The number of rotatable bonds is 5. The molecule has 0 amide bonds. The molecular formula is C19H23NO. The van der Waals surface area contributed by atoms with Gasteiger partial charge >= 0.3 is 0 Å². The fourth-order valence-corrected chi connectivity index (χ4v) is 3.15. The lowest BCUT2D eigenvalue weighted by atomic mass is 10.0. The molecule has 2 aromatic rings.